The topological polar surface area (TPSA) is 66.5 Å². The summed E-state index contributed by atoms with van der Waals surface area (Å²) in [6.07, 6.45) is 1.53. The van der Waals surface area contributed by atoms with Gasteiger partial charge in [-0.15, -0.1) is 11.3 Å². The van der Waals surface area contributed by atoms with E-state index < -0.39 is 17.8 Å². The van der Waals surface area contributed by atoms with Crippen LogP contribution in [0.4, 0.5) is 10.5 Å². The van der Waals surface area contributed by atoms with Crippen molar-refractivity contribution in [3.63, 3.8) is 0 Å². The number of aryl methyl sites for hydroxylation is 3. The molecular weight excluding hydrogens is 324 g/mol. The molecule has 0 radical (unpaired) electrons. The van der Waals surface area contributed by atoms with Crippen LogP contribution >= 0.6 is 11.3 Å². The summed E-state index contributed by atoms with van der Waals surface area (Å²) in [6, 6.07) is 8.46. The smallest absolute Gasteiger partial charge is 0.273 e. The van der Waals surface area contributed by atoms with E-state index in [2.05, 4.69) is 5.32 Å². The minimum absolute atomic E-state index is 0.0457. The molecule has 24 heavy (non-hydrogen) atoms. The zero-order valence-corrected chi connectivity index (χ0v) is 14.4. The second kappa shape index (κ2) is 6.05. The number of nitrogens with one attached hydrogen (secondary N) is 1. The molecule has 0 bridgehead atoms. The van der Waals surface area contributed by atoms with Crippen molar-refractivity contribution in [2.24, 2.45) is 0 Å². The third-order valence-corrected chi connectivity index (χ3v) is 4.56. The van der Waals surface area contributed by atoms with Crippen LogP contribution in [0.3, 0.4) is 0 Å². The lowest BCUT2D eigenvalue weighted by molar-refractivity contribution is -0.122. The molecule has 1 fully saturated rings. The molecule has 3 rings (SSSR count). The first kappa shape index (κ1) is 16.1. The lowest BCUT2D eigenvalue weighted by atomic mass is 10.1. The number of barbiturate groups is 1. The number of nitrogens with zero attached hydrogens (tertiary/aromatic N) is 1. The third-order valence-electron chi connectivity index (χ3n) is 3.61. The Morgan fingerprint density at radius 2 is 1.67 bits per heavy atom. The molecule has 1 saturated heterocycles. The van der Waals surface area contributed by atoms with E-state index in [1.165, 1.54) is 17.4 Å². The van der Waals surface area contributed by atoms with Crippen LogP contribution in [0.2, 0.25) is 0 Å². The van der Waals surface area contributed by atoms with E-state index in [0.29, 0.717) is 5.69 Å². The van der Waals surface area contributed by atoms with Gasteiger partial charge >= 0.3 is 6.03 Å². The van der Waals surface area contributed by atoms with Crippen LogP contribution in [0.1, 0.15) is 20.9 Å². The fraction of sp³-hybridized carbons (Fsp3) is 0.167. The highest BCUT2D eigenvalue weighted by atomic mass is 32.1. The number of amides is 4. The molecule has 2 aromatic rings. The van der Waals surface area contributed by atoms with Crippen LogP contribution in [0.5, 0.6) is 0 Å². The van der Waals surface area contributed by atoms with E-state index in [1.54, 1.807) is 12.1 Å². The Bertz CT molecular complexity index is 875. The average Bonchev–Trinajstić information content (AvgIpc) is 2.87. The van der Waals surface area contributed by atoms with Gasteiger partial charge in [-0.2, -0.15) is 0 Å². The molecule has 0 aliphatic carbocycles. The Kier molecular flexibility index (Phi) is 4.07. The first-order chi connectivity index (χ1) is 11.3. The number of thiophene rings is 1. The maximum atomic E-state index is 12.8. The maximum Gasteiger partial charge on any atom is 0.335 e. The third kappa shape index (κ3) is 3.00. The zero-order valence-electron chi connectivity index (χ0n) is 13.5. The Hall–Kier alpha value is -2.73. The molecule has 4 amide bonds. The number of hydrogen-bond acceptors (Lipinski definition) is 4. The molecule has 1 aliphatic heterocycles. The van der Waals surface area contributed by atoms with Crippen molar-refractivity contribution in [1.82, 2.24) is 5.32 Å². The van der Waals surface area contributed by atoms with Gasteiger partial charge in [-0.1, -0.05) is 6.07 Å². The molecule has 2 heterocycles. The number of urea groups is 1. The lowest BCUT2D eigenvalue weighted by Gasteiger charge is -2.26. The van der Waals surface area contributed by atoms with Gasteiger partial charge in [0.15, 0.2) is 0 Å². The van der Waals surface area contributed by atoms with Crippen molar-refractivity contribution in [2.45, 2.75) is 20.8 Å². The number of benzene rings is 1. The average molecular weight is 340 g/mol. The molecule has 1 N–H and O–H groups in total. The van der Waals surface area contributed by atoms with Gasteiger partial charge in [-0.25, -0.2) is 9.69 Å². The second-order valence-corrected chi connectivity index (χ2v) is 7.07. The molecule has 122 valence electrons. The highest BCUT2D eigenvalue weighted by molar-refractivity contribution is 7.12. The summed E-state index contributed by atoms with van der Waals surface area (Å²) in [6.45, 7) is 5.72. The van der Waals surface area contributed by atoms with E-state index in [1.807, 2.05) is 39.0 Å². The van der Waals surface area contributed by atoms with Crippen LogP contribution in [-0.2, 0) is 9.59 Å². The standard InChI is InChI=1S/C18H16N2O3S/c1-10-6-11(2)8-13(7-10)20-17(22)15(16(21)19-18(20)23)9-14-5-4-12(3)24-14/h4-9H,1-3H3,(H,19,21,23)/b15-9+. The van der Waals surface area contributed by atoms with Gasteiger partial charge in [0, 0.05) is 9.75 Å². The summed E-state index contributed by atoms with van der Waals surface area (Å²) in [5.41, 5.74) is 2.27. The Morgan fingerprint density at radius 1 is 1.00 bits per heavy atom. The summed E-state index contributed by atoms with van der Waals surface area (Å²) in [5, 5.41) is 2.24. The van der Waals surface area contributed by atoms with Crippen LogP contribution in [0.25, 0.3) is 6.08 Å². The molecular formula is C18H16N2O3S. The summed E-state index contributed by atoms with van der Waals surface area (Å²) in [5.74, 6) is -1.28. The normalized spacial score (nSPS) is 16.7. The molecule has 1 aliphatic rings. The number of imide groups is 2. The second-order valence-electron chi connectivity index (χ2n) is 5.75. The van der Waals surface area contributed by atoms with Gasteiger partial charge < -0.3 is 0 Å². The van der Waals surface area contributed by atoms with Crippen LogP contribution in [0.15, 0.2) is 35.9 Å². The van der Waals surface area contributed by atoms with E-state index in [9.17, 15) is 14.4 Å². The van der Waals surface area contributed by atoms with Gasteiger partial charge in [0.25, 0.3) is 11.8 Å². The number of rotatable bonds is 2. The minimum atomic E-state index is -0.727. The number of carbonyl (C=O) groups excluding carboxylic acids is 3. The largest absolute Gasteiger partial charge is 0.335 e. The van der Waals surface area contributed by atoms with Crippen molar-refractivity contribution in [3.05, 3.63) is 56.8 Å². The fourth-order valence-corrected chi connectivity index (χ4v) is 3.47. The van der Waals surface area contributed by atoms with Gasteiger partial charge in [-0.05, 0) is 62.2 Å². The van der Waals surface area contributed by atoms with E-state index in [-0.39, 0.29) is 5.57 Å². The number of anilines is 1. The summed E-state index contributed by atoms with van der Waals surface area (Å²) in [4.78, 5) is 39.9. The molecule has 6 heteroatoms. The lowest BCUT2D eigenvalue weighted by Crippen LogP contribution is -2.54. The van der Waals surface area contributed by atoms with Gasteiger partial charge in [0.2, 0.25) is 0 Å². The van der Waals surface area contributed by atoms with Crippen LogP contribution in [-0.4, -0.2) is 17.8 Å². The Morgan fingerprint density at radius 3 is 2.25 bits per heavy atom. The summed E-state index contributed by atoms with van der Waals surface area (Å²) < 4.78 is 0. The van der Waals surface area contributed by atoms with E-state index >= 15 is 0 Å². The molecule has 0 spiro atoms. The molecule has 0 unspecified atom stereocenters. The zero-order chi connectivity index (χ0) is 17.4. The van der Waals surface area contributed by atoms with Crippen LogP contribution in [0, 0.1) is 20.8 Å². The maximum absolute atomic E-state index is 12.8. The van der Waals surface area contributed by atoms with Gasteiger partial charge in [-0.3, -0.25) is 14.9 Å². The van der Waals surface area contributed by atoms with Crippen molar-refractivity contribution >= 4 is 40.9 Å². The van der Waals surface area contributed by atoms with Crippen molar-refractivity contribution in [3.8, 4) is 0 Å². The van der Waals surface area contributed by atoms with E-state index in [0.717, 1.165) is 25.8 Å². The Labute approximate surface area is 143 Å². The monoisotopic (exact) mass is 340 g/mol. The predicted octanol–water partition coefficient (Wildman–Crippen LogP) is 3.34. The van der Waals surface area contributed by atoms with Gasteiger partial charge in [0.05, 0.1) is 5.69 Å². The highest BCUT2D eigenvalue weighted by Gasteiger charge is 2.37. The predicted molar refractivity (Wildman–Crippen MR) is 94.0 cm³/mol. The first-order valence-corrected chi connectivity index (χ1v) is 8.23. The minimum Gasteiger partial charge on any atom is -0.273 e. The fourth-order valence-electron chi connectivity index (χ4n) is 2.64. The molecule has 1 aromatic heterocycles. The van der Waals surface area contributed by atoms with Crippen LogP contribution < -0.4 is 10.2 Å². The highest BCUT2D eigenvalue weighted by Crippen LogP contribution is 2.25. The summed E-state index contributed by atoms with van der Waals surface area (Å²) in [7, 11) is 0. The quantitative estimate of drug-likeness (QED) is 0.673. The first-order valence-electron chi connectivity index (χ1n) is 7.41. The van der Waals surface area contributed by atoms with Crippen molar-refractivity contribution < 1.29 is 14.4 Å². The van der Waals surface area contributed by atoms with Crippen molar-refractivity contribution in [1.29, 1.82) is 0 Å². The van der Waals surface area contributed by atoms with Crippen molar-refractivity contribution in [2.75, 3.05) is 4.90 Å². The summed E-state index contributed by atoms with van der Waals surface area (Å²) >= 11 is 1.48. The number of carbonyl (C=O) groups is 3. The SMILES string of the molecule is Cc1cc(C)cc(N2C(=O)NC(=O)/C(=C\c3ccc(C)s3)C2=O)c1. The van der Waals surface area contributed by atoms with E-state index in [4.69, 9.17) is 0 Å². The molecule has 5 nitrogen and oxygen atoms in total. The molecule has 0 atom stereocenters. The van der Waals surface area contributed by atoms with Gasteiger partial charge in [0.1, 0.15) is 5.57 Å². The Balaban J connectivity index is 2.04. The molecule has 0 saturated carbocycles. The molecule has 1 aromatic carbocycles. The number of hydrogen-bond donors (Lipinski definition) is 1.